The number of hydrogen-bond acceptors (Lipinski definition) is 6. The summed E-state index contributed by atoms with van der Waals surface area (Å²) < 4.78 is 0. The van der Waals surface area contributed by atoms with E-state index in [2.05, 4.69) is 5.32 Å². The highest BCUT2D eigenvalue weighted by molar-refractivity contribution is 7.80. The fourth-order valence-corrected chi connectivity index (χ4v) is 2.60. The minimum Gasteiger partial charge on any atom is -0.394 e. The summed E-state index contributed by atoms with van der Waals surface area (Å²) in [7, 11) is 0. The first-order chi connectivity index (χ1) is 9.97. The van der Waals surface area contributed by atoms with E-state index in [1.165, 1.54) is 4.90 Å². The average molecular weight is 314 g/mol. The Bertz CT molecular complexity index is 489. The number of hydrogen-bond donors (Lipinski definition) is 6. The summed E-state index contributed by atoms with van der Waals surface area (Å²) >= 11 is 5.15. The van der Waals surface area contributed by atoms with Gasteiger partial charge < -0.3 is 30.8 Å². The van der Waals surface area contributed by atoms with E-state index in [9.17, 15) is 20.4 Å². The largest absolute Gasteiger partial charge is 0.394 e. The summed E-state index contributed by atoms with van der Waals surface area (Å²) in [6, 6.07) is 7.65. The predicted molar refractivity (Wildman–Crippen MR) is 79.6 cm³/mol. The van der Waals surface area contributed by atoms with Gasteiger partial charge in [-0.3, -0.25) is 4.90 Å². The quantitative estimate of drug-likeness (QED) is 0.359. The molecule has 21 heavy (non-hydrogen) atoms. The molecule has 0 aromatic heterocycles. The molecule has 1 aromatic rings. The lowest BCUT2D eigenvalue weighted by Gasteiger charge is -2.44. The Morgan fingerprint density at radius 1 is 1.19 bits per heavy atom. The van der Waals surface area contributed by atoms with Crippen LogP contribution in [0, 0.1) is 0 Å². The van der Waals surface area contributed by atoms with Crippen molar-refractivity contribution in [3.05, 3.63) is 30.3 Å². The van der Waals surface area contributed by atoms with Gasteiger partial charge in [0.1, 0.15) is 18.3 Å². The Hall–Kier alpha value is -1.29. The van der Waals surface area contributed by atoms with Gasteiger partial charge in [-0.1, -0.05) is 18.2 Å². The molecule has 0 saturated carbocycles. The molecular weight excluding hydrogens is 296 g/mol. The summed E-state index contributed by atoms with van der Waals surface area (Å²) in [5.41, 5.74) is 0.581. The molecule has 0 unspecified atom stereocenters. The third-order valence-electron chi connectivity index (χ3n) is 3.43. The first kappa shape index (κ1) is 16.1. The van der Waals surface area contributed by atoms with Gasteiger partial charge in [0.25, 0.3) is 0 Å². The van der Waals surface area contributed by atoms with Gasteiger partial charge in [-0.15, -0.1) is 0 Å². The summed E-state index contributed by atoms with van der Waals surface area (Å²) in [6.07, 6.45) is -5.72. The standard InChI is InChI=1S/C13H18N2O5S/c16-6-8(17)10(18)9-11(19)12(20)15(13(21)14-9)7-4-2-1-3-5-7/h1-5,8-12,16-20H,6H2,(H,14,21)/t8-,9-,10-,11-,12-/m1/s1. The van der Waals surface area contributed by atoms with Crippen molar-refractivity contribution in [2.45, 2.75) is 30.6 Å². The molecule has 0 spiro atoms. The van der Waals surface area contributed by atoms with Crippen LogP contribution in [0.2, 0.25) is 0 Å². The number of rotatable bonds is 4. The normalized spacial score (nSPS) is 28.9. The Morgan fingerprint density at radius 3 is 2.38 bits per heavy atom. The van der Waals surface area contributed by atoms with Crippen molar-refractivity contribution in [1.82, 2.24) is 5.32 Å². The first-order valence-electron chi connectivity index (χ1n) is 6.45. The molecule has 0 bridgehead atoms. The van der Waals surface area contributed by atoms with Crippen molar-refractivity contribution < 1.29 is 25.5 Å². The second-order valence-electron chi connectivity index (χ2n) is 4.83. The van der Waals surface area contributed by atoms with Crippen LogP contribution in [-0.4, -0.2) is 67.8 Å². The topological polar surface area (TPSA) is 116 Å². The predicted octanol–water partition coefficient (Wildman–Crippen LogP) is -1.86. The smallest absolute Gasteiger partial charge is 0.176 e. The Kier molecular flexibility index (Phi) is 5.09. The van der Waals surface area contributed by atoms with Gasteiger partial charge in [0.15, 0.2) is 11.3 Å². The highest BCUT2D eigenvalue weighted by Crippen LogP contribution is 2.24. The molecule has 2 rings (SSSR count). The van der Waals surface area contributed by atoms with E-state index < -0.39 is 37.2 Å². The molecule has 0 amide bonds. The van der Waals surface area contributed by atoms with Crippen LogP contribution in [0.5, 0.6) is 0 Å². The maximum absolute atomic E-state index is 10.2. The lowest BCUT2D eigenvalue weighted by Crippen LogP contribution is -2.69. The van der Waals surface area contributed by atoms with Crippen LogP contribution in [-0.2, 0) is 0 Å². The van der Waals surface area contributed by atoms with Gasteiger partial charge in [-0.25, -0.2) is 0 Å². The molecule has 6 N–H and O–H groups in total. The van der Waals surface area contributed by atoms with Crippen molar-refractivity contribution in [3.8, 4) is 0 Å². The van der Waals surface area contributed by atoms with Crippen LogP contribution >= 0.6 is 12.2 Å². The van der Waals surface area contributed by atoms with Crippen molar-refractivity contribution in [2.75, 3.05) is 11.5 Å². The highest BCUT2D eigenvalue weighted by atomic mass is 32.1. The lowest BCUT2D eigenvalue weighted by atomic mass is 9.96. The van der Waals surface area contributed by atoms with Crippen molar-refractivity contribution in [2.24, 2.45) is 0 Å². The van der Waals surface area contributed by atoms with Crippen molar-refractivity contribution >= 4 is 23.0 Å². The SMILES string of the molecule is OC[C@@H](O)[C@@H](O)[C@H]1NC(=S)N(c2ccccc2)[C@H](O)[C@@H]1O. The van der Waals surface area contributed by atoms with Gasteiger partial charge in [0.05, 0.1) is 12.6 Å². The lowest BCUT2D eigenvalue weighted by molar-refractivity contribution is -0.0831. The fourth-order valence-electron chi connectivity index (χ4n) is 2.25. The van der Waals surface area contributed by atoms with Gasteiger partial charge in [-0.05, 0) is 24.4 Å². The molecule has 8 heteroatoms. The fraction of sp³-hybridized carbons (Fsp3) is 0.462. The monoisotopic (exact) mass is 314 g/mol. The summed E-state index contributed by atoms with van der Waals surface area (Å²) in [5.74, 6) is 0. The molecule has 1 fully saturated rings. The molecule has 1 aliphatic rings. The van der Waals surface area contributed by atoms with E-state index in [0.29, 0.717) is 5.69 Å². The van der Waals surface area contributed by atoms with Crippen LogP contribution < -0.4 is 10.2 Å². The molecule has 1 saturated heterocycles. The van der Waals surface area contributed by atoms with E-state index >= 15 is 0 Å². The number of aliphatic hydroxyl groups is 5. The third-order valence-corrected chi connectivity index (χ3v) is 3.75. The molecular formula is C13H18N2O5S. The van der Waals surface area contributed by atoms with E-state index in [0.717, 1.165) is 0 Å². The maximum atomic E-state index is 10.2. The second-order valence-corrected chi connectivity index (χ2v) is 5.21. The van der Waals surface area contributed by atoms with E-state index in [1.54, 1.807) is 30.3 Å². The maximum Gasteiger partial charge on any atom is 0.176 e. The second kappa shape index (κ2) is 6.65. The van der Waals surface area contributed by atoms with Crippen LogP contribution in [0.4, 0.5) is 5.69 Å². The molecule has 5 atom stereocenters. The minimum absolute atomic E-state index is 0.105. The number of nitrogens with zero attached hydrogens (tertiary/aromatic N) is 1. The Balaban J connectivity index is 2.21. The number of benzene rings is 1. The van der Waals surface area contributed by atoms with Gasteiger partial charge in [0, 0.05) is 5.69 Å². The van der Waals surface area contributed by atoms with Gasteiger partial charge in [0.2, 0.25) is 0 Å². The third kappa shape index (κ3) is 3.15. The Labute approximate surface area is 127 Å². The molecule has 1 aliphatic heterocycles. The number of thiocarbonyl (C=S) groups is 1. The summed E-state index contributed by atoms with van der Waals surface area (Å²) in [6.45, 7) is -0.669. The first-order valence-corrected chi connectivity index (χ1v) is 6.86. The Morgan fingerprint density at radius 2 is 1.81 bits per heavy atom. The zero-order valence-corrected chi connectivity index (χ0v) is 11.9. The highest BCUT2D eigenvalue weighted by Gasteiger charge is 2.43. The van der Waals surface area contributed by atoms with E-state index in [-0.39, 0.29) is 5.11 Å². The van der Waals surface area contributed by atoms with E-state index in [4.69, 9.17) is 17.3 Å². The number of nitrogens with one attached hydrogen (secondary N) is 1. The van der Waals surface area contributed by atoms with Gasteiger partial charge in [-0.2, -0.15) is 0 Å². The summed E-state index contributed by atoms with van der Waals surface area (Å²) in [4.78, 5) is 1.31. The molecule has 0 aliphatic carbocycles. The minimum atomic E-state index is -1.48. The molecule has 0 radical (unpaired) electrons. The molecule has 116 valence electrons. The molecule has 7 nitrogen and oxygen atoms in total. The van der Waals surface area contributed by atoms with Crippen molar-refractivity contribution in [3.63, 3.8) is 0 Å². The zero-order valence-electron chi connectivity index (χ0n) is 11.1. The summed E-state index contributed by atoms with van der Waals surface area (Å²) in [5, 5.41) is 51.4. The number of para-hydroxylation sites is 1. The molecule has 1 aromatic carbocycles. The zero-order chi connectivity index (χ0) is 15.6. The van der Waals surface area contributed by atoms with Crippen LogP contribution in [0.3, 0.4) is 0 Å². The molecule has 1 heterocycles. The van der Waals surface area contributed by atoms with Gasteiger partial charge >= 0.3 is 0 Å². The number of anilines is 1. The van der Waals surface area contributed by atoms with Crippen LogP contribution in [0.25, 0.3) is 0 Å². The number of aliphatic hydroxyl groups excluding tert-OH is 5. The van der Waals surface area contributed by atoms with Crippen molar-refractivity contribution in [1.29, 1.82) is 0 Å². The van der Waals surface area contributed by atoms with Crippen LogP contribution in [0.1, 0.15) is 0 Å². The average Bonchev–Trinajstić information content (AvgIpc) is 2.50. The van der Waals surface area contributed by atoms with Crippen LogP contribution in [0.15, 0.2) is 30.3 Å². The van der Waals surface area contributed by atoms with E-state index in [1.807, 2.05) is 0 Å².